The third kappa shape index (κ3) is 4.42. The van der Waals surface area contributed by atoms with Gasteiger partial charge in [0.15, 0.2) is 9.84 Å². The van der Waals surface area contributed by atoms with E-state index < -0.39 is 21.8 Å². The number of nitrogens with two attached hydrogens (primary N) is 1. The minimum absolute atomic E-state index is 0.141. The van der Waals surface area contributed by atoms with Gasteiger partial charge in [-0.25, -0.2) is 8.42 Å². The van der Waals surface area contributed by atoms with Crippen molar-refractivity contribution in [2.45, 2.75) is 42.9 Å². The van der Waals surface area contributed by atoms with Crippen LogP contribution in [0.3, 0.4) is 0 Å². The van der Waals surface area contributed by atoms with Crippen LogP contribution in [0.15, 0.2) is 53.4 Å². The van der Waals surface area contributed by atoms with E-state index in [-0.39, 0.29) is 16.6 Å². The second-order valence-corrected chi connectivity index (χ2v) is 9.17. The average Bonchev–Trinajstić information content (AvgIpc) is 2.68. The van der Waals surface area contributed by atoms with E-state index in [9.17, 15) is 18.0 Å². The molecule has 148 valence electrons. The molecule has 1 aliphatic rings. The first-order chi connectivity index (χ1) is 13.3. The Bertz CT molecular complexity index is 966. The summed E-state index contributed by atoms with van der Waals surface area (Å²) < 4.78 is 25.1. The van der Waals surface area contributed by atoms with Crippen molar-refractivity contribution in [3.05, 3.63) is 65.2 Å². The van der Waals surface area contributed by atoms with Crippen LogP contribution in [0.2, 0.25) is 0 Å². The van der Waals surface area contributed by atoms with Crippen LogP contribution in [-0.4, -0.2) is 37.7 Å². The van der Waals surface area contributed by atoms with Crippen LogP contribution in [0.1, 0.15) is 40.7 Å². The van der Waals surface area contributed by atoms with E-state index in [1.54, 1.807) is 48.5 Å². The van der Waals surface area contributed by atoms with Gasteiger partial charge < -0.3 is 10.6 Å². The van der Waals surface area contributed by atoms with Gasteiger partial charge in [-0.1, -0.05) is 29.8 Å². The van der Waals surface area contributed by atoms with E-state index in [0.29, 0.717) is 24.1 Å². The summed E-state index contributed by atoms with van der Waals surface area (Å²) in [4.78, 5) is 26.2. The van der Waals surface area contributed by atoms with Crippen LogP contribution in [0.25, 0.3) is 0 Å². The first-order valence-corrected chi connectivity index (χ1v) is 10.9. The Hall–Kier alpha value is -2.67. The van der Waals surface area contributed by atoms with Crippen LogP contribution in [0.5, 0.6) is 0 Å². The van der Waals surface area contributed by atoms with Crippen molar-refractivity contribution >= 4 is 21.7 Å². The highest BCUT2D eigenvalue weighted by Gasteiger charge is 2.31. The lowest BCUT2D eigenvalue weighted by atomic mass is 10.00. The summed E-state index contributed by atoms with van der Waals surface area (Å²) in [5, 5.41) is 0. The fourth-order valence-electron chi connectivity index (χ4n) is 3.43. The van der Waals surface area contributed by atoms with Gasteiger partial charge in [0.1, 0.15) is 6.04 Å². The minimum atomic E-state index is -3.46. The maximum atomic E-state index is 12.8. The third-order valence-corrected chi connectivity index (χ3v) is 6.73. The number of carbonyl (C=O) groups excluding carboxylic acids is 2. The number of rotatable bonds is 5. The number of hydrogen-bond acceptors (Lipinski definition) is 4. The molecule has 1 unspecified atom stereocenters. The van der Waals surface area contributed by atoms with Gasteiger partial charge in [0.05, 0.1) is 10.6 Å². The molecule has 1 saturated heterocycles. The molecule has 1 aliphatic heterocycles. The van der Waals surface area contributed by atoms with Crippen LogP contribution < -0.4 is 5.73 Å². The molecule has 1 fully saturated rings. The number of nitrogens with zero attached hydrogens (tertiary/aromatic N) is 1. The lowest BCUT2D eigenvalue weighted by Crippen LogP contribution is -2.50. The Morgan fingerprint density at radius 3 is 2.29 bits per heavy atom. The number of primary amides is 1. The van der Waals surface area contributed by atoms with Crippen LogP contribution in [0, 0.1) is 6.92 Å². The first kappa shape index (κ1) is 20.1. The van der Waals surface area contributed by atoms with Gasteiger partial charge in [-0.15, -0.1) is 0 Å². The molecule has 0 spiro atoms. The highest BCUT2D eigenvalue weighted by atomic mass is 32.2. The monoisotopic (exact) mass is 400 g/mol. The van der Waals surface area contributed by atoms with Crippen molar-refractivity contribution in [3.63, 3.8) is 0 Å². The highest BCUT2D eigenvalue weighted by Crippen LogP contribution is 2.21. The molecule has 2 amide bonds. The number of sulfone groups is 1. The van der Waals surface area contributed by atoms with Gasteiger partial charge in [-0.2, -0.15) is 0 Å². The molecule has 2 N–H and O–H groups in total. The number of hydrogen-bond donors (Lipinski definition) is 1. The van der Waals surface area contributed by atoms with E-state index >= 15 is 0 Å². The average molecular weight is 401 g/mol. The number of aryl methyl sites for hydroxylation is 1. The Labute approximate surface area is 165 Å². The lowest BCUT2D eigenvalue weighted by molar-refractivity contribution is -0.123. The zero-order chi connectivity index (χ0) is 20.3. The largest absolute Gasteiger partial charge is 0.368 e. The number of likely N-dealkylation sites (tertiary alicyclic amines) is 1. The third-order valence-electron chi connectivity index (χ3n) is 5.03. The first-order valence-electron chi connectivity index (χ1n) is 9.26. The Morgan fingerprint density at radius 1 is 1.04 bits per heavy atom. The predicted molar refractivity (Wildman–Crippen MR) is 106 cm³/mol. The van der Waals surface area contributed by atoms with Gasteiger partial charge >= 0.3 is 0 Å². The van der Waals surface area contributed by atoms with E-state index in [0.717, 1.165) is 18.4 Å². The molecule has 1 heterocycles. The van der Waals surface area contributed by atoms with Crippen molar-refractivity contribution in [1.82, 2.24) is 4.90 Å². The van der Waals surface area contributed by atoms with Crippen molar-refractivity contribution < 1.29 is 18.0 Å². The molecule has 0 saturated carbocycles. The lowest BCUT2D eigenvalue weighted by Gasteiger charge is -2.33. The quantitative estimate of drug-likeness (QED) is 0.833. The smallest absolute Gasteiger partial charge is 0.254 e. The fraction of sp³-hybridized carbons (Fsp3) is 0.333. The Morgan fingerprint density at radius 2 is 1.68 bits per heavy atom. The SMILES string of the molecule is Cc1ccc(S(=O)(=O)Cc2ccc(C(=O)N3CCCCC3C(N)=O)cc2)cc1. The predicted octanol–water partition coefficient (Wildman–Crippen LogP) is 2.45. The summed E-state index contributed by atoms with van der Waals surface area (Å²) in [5.74, 6) is -0.886. The highest BCUT2D eigenvalue weighted by molar-refractivity contribution is 7.90. The molecular formula is C21H24N2O4S. The minimum Gasteiger partial charge on any atom is -0.368 e. The van der Waals surface area contributed by atoms with Gasteiger partial charge in [0.25, 0.3) is 5.91 Å². The molecule has 1 atom stereocenters. The van der Waals surface area contributed by atoms with Crippen molar-refractivity contribution in [3.8, 4) is 0 Å². The summed E-state index contributed by atoms with van der Waals surface area (Å²) >= 11 is 0. The number of amides is 2. The number of piperidine rings is 1. The molecule has 2 aromatic carbocycles. The van der Waals surface area contributed by atoms with E-state index in [1.807, 2.05) is 6.92 Å². The maximum Gasteiger partial charge on any atom is 0.254 e. The summed E-state index contributed by atoms with van der Waals surface area (Å²) in [5.41, 5.74) is 7.45. The van der Waals surface area contributed by atoms with Crippen molar-refractivity contribution in [2.24, 2.45) is 5.73 Å². The molecule has 0 aromatic heterocycles. The van der Waals surface area contributed by atoms with Gasteiger partial charge in [0.2, 0.25) is 5.91 Å². The Kier molecular flexibility index (Phi) is 5.84. The number of carbonyl (C=O) groups is 2. The fourth-order valence-corrected chi connectivity index (χ4v) is 4.78. The van der Waals surface area contributed by atoms with Gasteiger partial charge in [-0.3, -0.25) is 9.59 Å². The van der Waals surface area contributed by atoms with Gasteiger partial charge in [0, 0.05) is 12.1 Å². The molecule has 6 nitrogen and oxygen atoms in total. The normalized spacial score (nSPS) is 17.3. The molecule has 0 radical (unpaired) electrons. The molecule has 7 heteroatoms. The standard InChI is InChI=1S/C21H24N2O4S/c1-15-5-11-18(12-6-15)28(26,27)14-16-7-9-17(10-8-16)21(25)23-13-3-2-4-19(23)20(22)24/h5-12,19H,2-4,13-14H2,1H3,(H2,22,24). The van der Waals surface area contributed by atoms with Crippen molar-refractivity contribution in [1.29, 1.82) is 0 Å². The number of benzene rings is 2. The van der Waals surface area contributed by atoms with Crippen LogP contribution in [-0.2, 0) is 20.4 Å². The van der Waals surface area contributed by atoms with E-state index in [4.69, 9.17) is 5.73 Å². The molecule has 28 heavy (non-hydrogen) atoms. The molecule has 0 aliphatic carbocycles. The second kappa shape index (κ2) is 8.14. The zero-order valence-electron chi connectivity index (χ0n) is 15.8. The molecular weight excluding hydrogens is 376 g/mol. The topological polar surface area (TPSA) is 97.5 Å². The summed E-state index contributed by atoms with van der Waals surface area (Å²) in [6.45, 7) is 2.40. The summed E-state index contributed by atoms with van der Waals surface area (Å²) in [7, 11) is -3.46. The van der Waals surface area contributed by atoms with Crippen LogP contribution >= 0.6 is 0 Å². The zero-order valence-corrected chi connectivity index (χ0v) is 16.6. The van der Waals surface area contributed by atoms with Crippen LogP contribution in [0.4, 0.5) is 0 Å². The maximum absolute atomic E-state index is 12.8. The van der Waals surface area contributed by atoms with E-state index in [2.05, 4.69) is 0 Å². The molecule has 0 bridgehead atoms. The molecule has 2 aromatic rings. The Balaban J connectivity index is 1.75. The summed E-state index contributed by atoms with van der Waals surface area (Å²) in [6, 6.07) is 12.6. The molecule has 3 rings (SSSR count). The van der Waals surface area contributed by atoms with Gasteiger partial charge in [-0.05, 0) is 56.0 Å². The van der Waals surface area contributed by atoms with Crippen molar-refractivity contribution in [2.75, 3.05) is 6.54 Å². The summed E-state index contributed by atoms with van der Waals surface area (Å²) in [6.07, 6.45) is 2.28. The van der Waals surface area contributed by atoms with E-state index in [1.165, 1.54) is 4.90 Å². The second-order valence-electron chi connectivity index (χ2n) is 7.18.